The van der Waals surface area contributed by atoms with Crippen LogP contribution in [0, 0.1) is 5.82 Å². The molecule has 5 nitrogen and oxygen atoms in total. The van der Waals surface area contributed by atoms with Gasteiger partial charge in [-0.15, -0.1) is 0 Å². The zero-order valence-corrected chi connectivity index (χ0v) is 15.2. The Labute approximate surface area is 150 Å². The monoisotopic (exact) mass is 453 g/mol. The lowest BCUT2D eigenvalue weighted by Crippen LogP contribution is -2.04. The van der Waals surface area contributed by atoms with Gasteiger partial charge in [-0.3, -0.25) is 4.79 Å². The molecule has 2 aromatic carbocycles. The number of para-hydroxylation sites is 1. The zero-order valence-electron chi connectivity index (χ0n) is 12.1. The topological polar surface area (TPSA) is 74.1 Å². The van der Waals surface area contributed by atoms with Crippen LogP contribution >= 0.6 is 28.4 Å². The number of nitrogen functional groups attached to an aromatic ring is 1. The molecule has 0 aliphatic rings. The smallest absolute Gasteiger partial charge is 0.202 e. The number of nitrogens with zero attached hydrogens (tertiary/aromatic N) is 2. The molecular formula is C16H10FIN3O2P. The van der Waals surface area contributed by atoms with Crippen molar-refractivity contribution in [1.82, 2.24) is 9.55 Å². The minimum Gasteiger partial charge on any atom is -0.440 e. The first kappa shape index (κ1) is 15.5. The third-order valence-electron chi connectivity index (χ3n) is 3.86. The van der Waals surface area contributed by atoms with Crippen LogP contribution < -0.4 is 5.73 Å². The van der Waals surface area contributed by atoms with Gasteiger partial charge in [0.1, 0.15) is 16.9 Å². The van der Waals surface area contributed by atoms with Crippen molar-refractivity contribution in [3.63, 3.8) is 0 Å². The lowest BCUT2D eigenvalue weighted by Gasteiger charge is -2.04. The van der Waals surface area contributed by atoms with Gasteiger partial charge >= 0.3 is 0 Å². The van der Waals surface area contributed by atoms with Gasteiger partial charge in [0.25, 0.3) is 0 Å². The fraction of sp³-hybridized carbons (Fsp3) is 0. The van der Waals surface area contributed by atoms with Crippen LogP contribution in [0.3, 0.4) is 0 Å². The first-order chi connectivity index (χ1) is 11.6. The van der Waals surface area contributed by atoms with E-state index in [-0.39, 0.29) is 18.0 Å². The maximum atomic E-state index is 14.2. The van der Waals surface area contributed by atoms with Crippen LogP contribution in [0.15, 0.2) is 47.0 Å². The summed E-state index contributed by atoms with van der Waals surface area (Å²) >= 11 is 2.11. The maximum Gasteiger partial charge on any atom is 0.202 e. The minimum atomic E-state index is -0.409. The predicted molar refractivity (Wildman–Crippen MR) is 101 cm³/mol. The summed E-state index contributed by atoms with van der Waals surface area (Å²) in [6.45, 7) is 0. The van der Waals surface area contributed by atoms with E-state index in [0.29, 0.717) is 33.0 Å². The molecule has 4 rings (SSSR count). The molecule has 24 heavy (non-hydrogen) atoms. The highest BCUT2D eigenvalue weighted by Gasteiger charge is 2.24. The summed E-state index contributed by atoms with van der Waals surface area (Å²) in [5.74, 6) is -0.658. The summed E-state index contributed by atoms with van der Waals surface area (Å²) in [5, 5.41) is 5.26. The number of nitrogens with two attached hydrogens (primary N) is 1. The first-order valence-electron chi connectivity index (χ1n) is 6.96. The minimum absolute atomic E-state index is 0.0573. The molecule has 0 bridgehead atoms. The van der Waals surface area contributed by atoms with E-state index in [9.17, 15) is 9.18 Å². The Balaban J connectivity index is 1.97. The number of fused-ring (bicyclic) bond motifs is 2. The van der Waals surface area contributed by atoms with Crippen molar-refractivity contribution < 1.29 is 13.6 Å². The Morgan fingerprint density at radius 3 is 2.83 bits per heavy atom. The molecule has 2 N–H and O–H groups in total. The average molecular weight is 453 g/mol. The van der Waals surface area contributed by atoms with Gasteiger partial charge < -0.3 is 10.2 Å². The zero-order chi connectivity index (χ0) is 16.8. The SMILES string of the molecule is Nc1oc2ccccc2c1C(=O)c1ccc(F)c2c1cnn2PI. The van der Waals surface area contributed by atoms with Crippen LogP contribution in [0.25, 0.3) is 21.9 Å². The molecule has 8 heteroatoms. The molecule has 1 unspecified atom stereocenters. The van der Waals surface area contributed by atoms with Crippen molar-refractivity contribution in [2.75, 3.05) is 5.73 Å². The average Bonchev–Trinajstić information content (AvgIpc) is 3.15. The summed E-state index contributed by atoms with van der Waals surface area (Å²) in [5.41, 5.74) is 7.42. The lowest BCUT2D eigenvalue weighted by atomic mass is 9.99. The van der Waals surface area contributed by atoms with Gasteiger partial charge in [-0.05, 0) is 40.2 Å². The van der Waals surface area contributed by atoms with Crippen molar-refractivity contribution >= 4 is 62.0 Å². The number of hydrogen-bond acceptors (Lipinski definition) is 4. The molecule has 0 radical (unpaired) electrons. The molecule has 0 amide bonds. The normalized spacial score (nSPS) is 11.9. The molecule has 0 aliphatic heterocycles. The van der Waals surface area contributed by atoms with Crippen molar-refractivity contribution in [3.8, 4) is 0 Å². The van der Waals surface area contributed by atoms with E-state index >= 15 is 0 Å². The molecule has 4 aromatic rings. The molecular weight excluding hydrogens is 443 g/mol. The first-order valence-corrected chi connectivity index (χ1v) is 11.0. The van der Waals surface area contributed by atoms with Crippen LogP contribution in [0.2, 0.25) is 0 Å². The third-order valence-corrected chi connectivity index (χ3v) is 5.73. The largest absolute Gasteiger partial charge is 0.440 e. The molecule has 0 saturated heterocycles. The number of hydrogen-bond donors (Lipinski definition) is 1. The van der Waals surface area contributed by atoms with Crippen LogP contribution in [0.1, 0.15) is 15.9 Å². The number of carbonyl (C=O) groups excluding carboxylic acids is 1. The quantitative estimate of drug-likeness (QED) is 0.281. The van der Waals surface area contributed by atoms with Crippen LogP contribution in [-0.4, -0.2) is 15.3 Å². The molecule has 120 valence electrons. The number of furan rings is 1. The molecule has 0 saturated carbocycles. The van der Waals surface area contributed by atoms with Crippen LogP contribution in [-0.2, 0) is 0 Å². The van der Waals surface area contributed by atoms with Crippen molar-refractivity contribution in [1.29, 1.82) is 0 Å². The highest BCUT2D eigenvalue weighted by atomic mass is 127. The second-order valence-electron chi connectivity index (χ2n) is 5.16. The number of rotatable bonds is 3. The number of ketones is 1. The number of benzene rings is 2. The highest BCUT2D eigenvalue weighted by Crippen LogP contribution is 2.34. The fourth-order valence-corrected chi connectivity index (χ4v) is 4.31. The van der Waals surface area contributed by atoms with Crippen molar-refractivity contribution in [3.05, 3.63) is 59.5 Å². The number of halogens is 2. The summed E-state index contributed by atoms with van der Waals surface area (Å²) in [6, 6.07) is 9.88. The van der Waals surface area contributed by atoms with E-state index in [2.05, 4.69) is 27.1 Å². The van der Waals surface area contributed by atoms with E-state index in [4.69, 9.17) is 10.2 Å². The number of aromatic nitrogens is 2. The fourth-order valence-electron chi connectivity index (χ4n) is 2.80. The second-order valence-corrected chi connectivity index (χ2v) is 7.20. The van der Waals surface area contributed by atoms with E-state index in [1.54, 1.807) is 22.7 Å². The lowest BCUT2D eigenvalue weighted by molar-refractivity contribution is 0.104. The molecule has 0 spiro atoms. The Morgan fingerprint density at radius 2 is 2.04 bits per heavy atom. The van der Waals surface area contributed by atoms with Crippen molar-refractivity contribution in [2.45, 2.75) is 0 Å². The molecule has 1 atom stereocenters. The van der Waals surface area contributed by atoms with Gasteiger partial charge in [-0.2, -0.15) is 5.10 Å². The predicted octanol–water partition coefficient (Wildman–Crippen LogP) is 4.53. The van der Waals surface area contributed by atoms with Crippen molar-refractivity contribution in [2.24, 2.45) is 0 Å². The van der Waals surface area contributed by atoms with E-state index in [1.807, 2.05) is 6.07 Å². The van der Waals surface area contributed by atoms with Gasteiger partial charge in [-0.1, -0.05) is 18.2 Å². The molecule has 0 aliphatic carbocycles. The van der Waals surface area contributed by atoms with Gasteiger partial charge in [0.2, 0.25) is 5.88 Å². The van der Waals surface area contributed by atoms with Crippen LogP contribution in [0.4, 0.5) is 10.3 Å². The summed E-state index contributed by atoms with van der Waals surface area (Å²) in [6.07, 6.45) is 1.74. The molecule has 0 fully saturated rings. The number of carbonyl (C=O) groups is 1. The van der Waals surface area contributed by atoms with E-state index in [0.717, 1.165) is 0 Å². The second kappa shape index (κ2) is 5.82. The number of anilines is 1. The molecule has 2 aromatic heterocycles. The Hall–Kier alpha value is -1.99. The highest BCUT2D eigenvalue weighted by molar-refractivity contribution is 14.2. The van der Waals surface area contributed by atoms with E-state index < -0.39 is 5.82 Å². The Bertz CT molecular complexity index is 1110. The standard InChI is InChI=1S/C16H10FIN3O2P/c17-11-6-5-8(10-7-20-21(24-18)14(10)11)15(22)13-9-3-1-2-4-12(9)23-16(13)19/h1-7,24H,19H2. The third kappa shape index (κ3) is 2.22. The maximum absolute atomic E-state index is 14.2. The van der Waals surface area contributed by atoms with Gasteiger partial charge in [0.15, 0.2) is 5.78 Å². The van der Waals surface area contributed by atoms with Gasteiger partial charge in [-0.25, -0.2) is 8.84 Å². The van der Waals surface area contributed by atoms with Gasteiger partial charge in [0, 0.05) is 16.3 Å². The van der Waals surface area contributed by atoms with Gasteiger partial charge in [0.05, 0.1) is 18.1 Å². The summed E-state index contributed by atoms with van der Waals surface area (Å²) in [7, 11) is 0. The summed E-state index contributed by atoms with van der Waals surface area (Å²) < 4.78 is 21.2. The van der Waals surface area contributed by atoms with Crippen LogP contribution in [0.5, 0.6) is 0 Å². The Morgan fingerprint density at radius 1 is 1.25 bits per heavy atom. The van der Waals surface area contributed by atoms with E-state index in [1.165, 1.54) is 18.3 Å². The summed E-state index contributed by atoms with van der Waals surface area (Å²) in [4.78, 5) is 13.1. The Kier molecular flexibility index (Phi) is 3.77. The molecule has 2 heterocycles.